The van der Waals surface area contributed by atoms with E-state index in [1.807, 2.05) is 5.43 Å². The highest BCUT2D eigenvalue weighted by atomic mass is 35.5. The average Bonchev–Trinajstić information content (AvgIpc) is 3.26. The lowest BCUT2D eigenvalue weighted by Gasteiger charge is -2.11. The Bertz CT molecular complexity index is 1520. The van der Waals surface area contributed by atoms with Crippen molar-refractivity contribution >= 4 is 35.2 Å². The molecule has 0 saturated heterocycles. The van der Waals surface area contributed by atoms with E-state index < -0.39 is 22.8 Å². The number of nitrogens with zero attached hydrogens (tertiary/aromatic N) is 4. The molecule has 0 unspecified atom stereocenters. The van der Waals surface area contributed by atoms with Gasteiger partial charge < -0.3 is 5.11 Å². The van der Waals surface area contributed by atoms with E-state index in [0.717, 1.165) is 0 Å². The molecule has 0 atom stereocenters. The number of hydrazine groups is 1. The maximum Gasteiger partial charge on any atom is 0.425 e. The van der Waals surface area contributed by atoms with E-state index in [4.69, 9.17) is 11.6 Å². The molecule has 2 aromatic carbocycles. The standard InChI is InChI=1S/C23H16ClN7O6/c24-17-7-2-1-6-16(17)19-18(14-4-3-5-15(12-14)31(36)37)20(30(28-19)29-23(34)35)22(33)27-26-21(32)13-8-10-25-11-9-13/h1-12,29H,(H,26,32)(H,27,33)(H,34,35). The molecule has 4 aromatic rings. The van der Waals surface area contributed by atoms with Crippen molar-refractivity contribution in [1.29, 1.82) is 0 Å². The highest BCUT2D eigenvalue weighted by Gasteiger charge is 2.29. The molecule has 0 aliphatic heterocycles. The van der Waals surface area contributed by atoms with Gasteiger partial charge in [0.15, 0.2) is 5.69 Å². The second-order valence-corrected chi connectivity index (χ2v) is 7.74. The van der Waals surface area contributed by atoms with Crippen molar-refractivity contribution in [2.24, 2.45) is 0 Å². The summed E-state index contributed by atoms with van der Waals surface area (Å²) in [5, 5.41) is 25.2. The van der Waals surface area contributed by atoms with E-state index in [-0.39, 0.29) is 38.8 Å². The fourth-order valence-corrected chi connectivity index (χ4v) is 3.66. The zero-order valence-electron chi connectivity index (χ0n) is 18.6. The van der Waals surface area contributed by atoms with Crippen molar-refractivity contribution in [2.45, 2.75) is 0 Å². The Morgan fingerprint density at radius 1 is 0.973 bits per heavy atom. The molecule has 37 heavy (non-hydrogen) atoms. The first-order valence-electron chi connectivity index (χ1n) is 10.4. The maximum atomic E-state index is 13.3. The fourth-order valence-electron chi connectivity index (χ4n) is 3.44. The Morgan fingerprint density at radius 3 is 2.35 bits per heavy atom. The van der Waals surface area contributed by atoms with Crippen LogP contribution in [0.5, 0.6) is 0 Å². The van der Waals surface area contributed by atoms with Crippen molar-refractivity contribution in [3.8, 4) is 22.4 Å². The zero-order valence-corrected chi connectivity index (χ0v) is 19.3. The van der Waals surface area contributed by atoms with E-state index >= 15 is 0 Å². The molecule has 13 nitrogen and oxygen atoms in total. The minimum atomic E-state index is -1.55. The van der Waals surface area contributed by atoms with Crippen LogP contribution >= 0.6 is 11.6 Å². The Labute approximate surface area is 212 Å². The van der Waals surface area contributed by atoms with Crippen molar-refractivity contribution in [3.63, 3.8) is 0 Å². The first kappa shape index (κ1) is 24.8. The number of rotatable bonds is 6. The van der Waals surface area contributed by atoms with E-state index in [0.29, 0.717) is 10.4 Å². The lowest BCUT2D eigenvalue weighted by Crippen LogP contribution is -2.43. The zero-order chi connectivity index (χ0) is 26.5. The molecule has 4 rings (SSSR count). The van der Waals surface area contributed by atoms with Gasteiger partial charge in [-0.2, -0.15) is 9.89 Å². The van der Waals surface area contributed by atoms with Crippen molar-refractivity contribution < 1.29 is 24.4 Å². The highest BCUT2D eigenvalue weighted by molar-refractivity contribution is 6.33. The molecule has 0 aliphatic carbocycles. The van der Waals surface area contributed by atoms with Crippen LogP contribution in [-0.2, 0) is 0 Å². The number of benzene rings is 2. The number of pyridine rings is 1. The molecule has 186 valence electrons. The summed E-state index contributed by atoms with van der Waals surface area (Å²) in [6.07, 6.45) is 1.23. The lowest BCUT2D eigenvalue weighted by molar-refractivity contribution is -0.384. The molecule has 3 amide bonds. The molecular weight excluding hydrogens is 506 g/mol. The van der Waals surface area contributed by atoms with Crippen molar-refractivity contribution in [1.82, 2.24) is 25.7 Å². The van der Waals surface area contributed by atoms with Gasteiger partial charge in [0.1, 0.15) is 5.69 Å². The molecule has 0 fully saturated rings. The SMILES string of the molecule is O=C(O)Nn1nc(-c2ccccc2Cl)c(-c2cccc([N+](=O)[O-])c2)c1C(=O)NNC(=O)c1ccncc1. The fraction of sp³-hybridized carbons (Fsp3) is 0. The molecule has 14 heteroatoms. The quantitative estimate of drug-likeness (QED) is 0.219. The topological polar surface area (TPSA) is 181 Å². The summed E-state index contributed by atoms with van der Waals surface area (Å²) >= 11 is 6.36. The number of halogens is 1. The van der Waals surface area contributed by atoms with Gasteiger partial charge in [0.05, 0.1) is 9.95 Å². The number of aromatic nitrogens is 3. The van der Waals surface area contributed by atoms with Gasteiger partial charge in [-0.15, -0.1) is 0 Å². The van der Waals surface area contributed by atoms with Gasteiger partial charge in [-0.1, -0.05) is 41.9 Å². The average molecular weight is 522 g/mol. The third-order valence-electron chi connectivity index (χ3n) is 5.01. The number of amides is 3. The van der Waals surface area contributed by atoms with Crippen LogP contribution in [0.4, 0.5) is 10.5 Å². The van der Waals surface area contributed by atoms with Crippen LogP contribution < -0.4 is 16.3 Å². The number of carbonyl (C=O) groups excluding carboxylic acids is 2. The first-order valence-corrected chi connectivity index (χ1v) is 10.8. The van der Waals surface area contributed by atoms with Crippen molar-refractivity contribution in [2.75, 3.05) is 5.43 Å². The number of nitrogens with one attached hydrogen (secondary N) is 3. The lowest BCUT2D eigenvalue weighted by atomic mass is 9.98. The van der Waals surface area contributed by atoms with Gasteiger partial charge >= 0.3 is 6.09 Å². The van der Waals surface area contributed by atoms with E-state index in [9.17, 15) is 29.6 Å². The van der Waals surface area contributed by atoms with Gasteiger partial charge in [0.2, 0.25) is 0 Å². The van der Waals surface area contributed by atoms with Gasteiger partial charge in [-0.3, -0.25) is 35.5 Å². The second-order valence-electron chi connectivity index (χ2n) is 7.33. The Kier molecular flexibility index (Phi) is 7.06. The number of nitro benzene ring substituents is 1. The van der Waals surface area contributed by atoms with Crippen LogP contribution in [0.1, 0.15) is 20.8 Å². The van der Waals surface area contributed by atoms with Crippen LogP contribution in [0, 0.1) is 10.1 Å². The smallest absolute Gasteiger partial charge is 0.425 e. The van der Waals surface area contributed by atoms with E-state index in [2.05, 4.69) is 20.9 Å². The van der Waals surface area contributed by atoms with Crippen molar-refractivity contribution in [3.05, 3.63) is 99.5 Å². The van der Waals surface area contributed by atoms with E-state index in [1.54, 1.807) is 24.3 Å². The molecule has 0 spiro atoms. The molecular formula is C23H16ClN7O6. The third-order valence-corrected chi connectivity index (χ3v) is 5.34. The van der Waals surface area contributed by atoms with E-state index in [1.165, 1.54) is 48.8 Å². The Balaban J connectivity index is 1.87. The molecule has 4 N–H and O–H groups in total. The van der Waals surface area contributed by atoms with Crippen LogP contribution in [0.25, 0.3) is 22.4 Å². The molecule has 0 radical (unpaired) electrons. The minimum Gasteiger partial charge on any atom is -0.464 e. The highest BCUT2D eigenvalue weighted by Crippen LogP contribution is 2.38. The summed E-state index contributed by atoms with van der Waals surface area (Å²) in [6.45, 7) is 0. The number of hydrogen-bond acceptors (Lipinski definition) is 7. The van der Waals surface area contributed by atoms with Crippen LogP contribution in [0.3, 0.4) is 0 Å². The second kappa shape index (κ2) is 10.5. The number of carbonyl (C=O) groups is 3. The summed E-state index contributed by atoms with van der Waals surface area (Å²) in [6, 6.07) is 14.6. The Morgan fingerprint density at radius 2 is 1.68 bits per heavy atom. The minimum absolute atomic E-state index is 0.0289. The normalized spacial score (nSPS) is 10.4. The summed E-state index contributed by atoms with van der Waals surface area (Å²) in [5.74, 6) is -1.64. The summed E-state index contributed by atoms with van der Waals surface area (Å²) in [5.41, 5.74) is 6.58. The summed E-state index contributed by atoms with van der Waals surface area (Å²) < 4.78 is 0. The first-order chi connectivity index (χ1) is 17.8. The van der Waals surface area contributed by atoms with Crippen LogP contribution in [-0.4, -0.2) is 42.8 Å². The number of carboxylic acid groups (broad SMARTS) is 1. The number of hydrogen-bond donors (Lipinski definition) is 4. The number of non-ortho nitro benzene ring substituents is 1. The molecule has 0 saturated carbocycles. The largest absolute Gasteiger partial charge is 0.464 e. The molecule has 0 aliphatic rings. The maximum absolute atomic E-state index is 13.3. The molecule has 2 aromatic heterocycles. The van der Waals surface area contributed by atoms with Gasteiger partial charge in [0, 0.05) is 41.2 Å². The van der Waals surface area contributed by atoms with Crippen LogP contribution in [0.15, 0.2) is 73.1 Å². The third kappa shape index (κ3) is 5.36. The van der Waals surface area contributed by atoms with Gasteiger partial charge in [0.25, 0.3) is 17.5 Å². The summed E-state index contributed by atoms with van der Waals surface area (Å²) in [7, 11) is 0. The van der Waals surface area contributed by atoms with Crippen LogP contribution in [0.2, 0.25) is 5.02 Å². The summed E-state index contributed by atoms with van der Waals surface area (Å²) in [4.78, 5) is 52.5. The van der Waals surface area contributed by atoms with Gasteiger partial charge in [-0.05, 0) is 23.8 Å². The van der Waals surface area contributed by atoms with Gasteiger partial charge in [-0.25, -0.2) is 10.2 Å². The monoisotopic (exact) mass is 521 g/mol. The predicted octanol–water partition coefficient (Wildman–Crippen LogP) is 3.47. The predicted molar refractivity (Wildman–Crippen MR) is 131 cm³/mol. The Hall–Kier alpha value is -5.30. The number of nitro groups is 1. The molecule has 2 heterocycles. The molecule has 0 bridgehead atoms.